The van der Waals surface area contributed by atoms with Crippen LogP contribution in [0.5, 0.6) is 0 Å². The molecule has 1 saturated carbocycles. The molecule has 0 saturated heterocycles. The second-order valence-electron chi connectivity index (χ2n) is 5.73. The van der Waals surface area contributed by atoms with Crippen LogP contribution in [0.1, 0.15) is 51.7 Å². The highest BCUT2D eigenvalue weighted by Crippen LogP contribution is 2.31. The van der Waals surface area contributed by atoms with Crippen molar-refractivity contribution < 1.29 is 5.11 Å². The third-order valence-corrected chi connectivity index (χ3v) is 3.48. The van der Waals surface area contributed by atoms with E-state index < -0.39 is 6.10 Å². The van der Waals surface area contributed by atoms with Gasteiger partial charge in [-0.1, -0.05) is 19.9 Å². The first-order chi connectivity index (χ1) is 8.58. The predicted octanol–water partition coefficient (Wildman–Crippen LogP) is 3.15. The van der Waals surface area contributed by atoms with Gasteiger partial charge in [0.1, 0.15) is 5.82 Å². The molecule has 0 aromatic carbocycles. The number of anilines is 1. The van der Waals surface area contributed by atoms with E-state index in [1.54, 1.807) is 13.1 Å². The Morgan fingerprint density at radius 3 is 2.50 bits per heavy atom. The summed E-state index contributed by atoms with van der Waals surface area (Å²) >= 11 is 0. The van der Waals surface area contributed by atoms with Crippen molar-refractivity contribution in [2.45, 2.75) is 52.2 Å². The Morgan fingerprint density at radius 1 is 1.33 bits per heavy atom. The fourth-order valence-electron chi connectivity index (χ4n) is 2.08. The summed E-state index contributed by atoms with van der Waals surface area (Å²) in [4.78, 5) is 6.93. The molecule has 3 heteroatoms. The number of nitrogens with zero attached hydrogens (tertiary/aromatic N) is 2. The van der Waals surface area contributed by atoms with Gasteiger partial charge in [-0.2, -0.15) is 0 Å². The van der Waals surface area contributed by atoms with Gasteiger partial charge < -0.3 is 10.0 Å². The maximum atomic E-state index is 9.50. The number of hydrogen-bond donors (Lipinski definition) is 1. The molecule has 1 atom stereocenters. The van der Waals surface area contributed by atoms with Crippen LogP contribution in [0, 0.1) is 5.92 Å². The van der Waals surface area contributed by atoms with Crippen LogP contribution < -0.4 is 4.90 Å². The maximum absolute atomic E-state index is 9.50. The minimum Gasteiger partial charge on any atom is -0.389 e. The van der Waals surface area contributed by atoms with Crippen molar-refractivity contribution in [3.05, 3.63) is 23.9 Å². The quantitative estimate of drug-likeness (QED) is 0.840. The summed E-state index contributed by atoms with van der Waals surface area (Å²) in [7, 11) is 0. The molecule has 1 aliphatic carbocycles. The van der Waals surface area contributed by atoms with Gasteiger partial charge in [0.15, 0.2) is 0 Å². The van der Waals surface area contributed by atoms with Crippen LogP contribution in [-0.4, -0.2) is 22.7 Å². The summed E-state index contributed by atoms with van der Waals surface area (Å²) in [5, 5.41) is 9.50. The van der Waals surface area contributed by atoms with E-state index in [9.17, 15) is 5.11 Å². The molecule has 0 radical (unpaired) electrons. The second-order valence-corrected chi connectivity index (χ2v) is 5.73. The van der Waals surface area contributed by atoms with Gasteiger partial charge in [-0.15, -0.1) is 0 Å². The van der Waals surface area contributed by atoms with Crippen LogP contribution >= 0.6 is 0 Å². The largest absolute Gasteiger partial charge is 0.389 e. The van der Waals surface area contributed by atoms with E-state index in [1.165, 1.54) is 19.3 Å². The van der Waals surface area contributed by atoms with Crippen LogP contribution in [0.25, 0.3) is 0 Å². The number of aliphatic hydroxyl groups excluding tert-OH is 1. The van der Waals surface area contributed by atoms with Gasteiger partial charge in [0.25, 0.3) is 0 Å². The van der Waals surface area contributed by atoms with Gasteiger partial charge >= 0.3 is 0 Å². The fraction of sp³-hybridized carbons (Fsp3) is 0.667. The summed E-state index contributed by atoms with van der Waals surface area (Å²) in [5.74, 6) is 1.78. The summed E-state index contributed by atoms with van der Waals surface area (Å²) in [5.41, 5.74) is 0.887. The lowest BCUT2D eigenvalue weighted by Gasteiger charge is -2.24. The van der Waals surface area contributed by atoms with Gasteiger partial charge in [0, 0.05) is 18.8 Å². The van der Waals surface area contributed by atoms with E-state index in [4.69, 9.17) is 0 Å². The Bertz CT molecular complexity index is 369. The molecule has 1 N–H and O–H groups in total. The fourth-order valence-corrected chi connectivity index (χ4v) is 2.08. The number of pyridine rings is 1. The third-order valence-electron chi connectivity index (χ3n) is 3.48. The second kappa shape index (κ2) is 5.70. The molecule has 3 nitrogen and oxygen atoms in total. The molecule has 1 aromatic rings. The Labute approximate surface area is 110 Å². The first kappa shape index (κ1) is 13.3. The molecule has 1 fully saturated rings. The summed E-state index contributed by atoms with van der Waals surface area (Å²) in [6.07, 6.45) is 5.15. The van der Waals surface area contributed by atoms with Crippen molar-refractivity contribution in [1.29, 1.82) is 0 Å². The SMILES string of the molecule is CC(C)CCN(c1ccc([C@H](C)O)cn1)C1CC1. The Balaban J connectivity index is 2.05. The number of aromatic nitrogens is 1. The molecule has 0 aliphatic heterocycles. The van der Waals surface area contributed by atoms with Crippen LogP contribution in [-0.2, 0) is 0 Å². The topological polar surface area (TPSA) is 36.4 Å². The Kier molecular flexibility index (Phi) is 4.23. The van der Waals surface area contributed by atoms with Crippen LogP contribution in [0.2, 0.25) is 0 Å². The molecular weight excluding hydrogens is 224 g/mol. The highest BCUT2D eigenvalue weighted by Gasteiger charge is 2.29. The Hall–Kier alpha value is -1.09. The zero-order valence-electron chi connectivity index (χ0n) is 11.6. The Morgan fingerprint density at radius 2 is 2.06 bits per heavy atom. The molecule has 0 spiro atoms. The molecule has 1 aromatic heterocycles. The van der Waals surface area contributed by atoms with Gasteiger partial charge in [-0.05, 0) is 43.7 Å². The lowest BCUT2D eigenvalue weighted by molar-refractivity contribution is 0.199. The average molecular weight is 248 g/mol. The van der Waals surface area contributed by atoms with Crippen molar-refractivity contribution in [2.75, 3.05) is 11.4 Å². The predicted molar refractivity (Wildman–Crippen MR) is 74.7 cm³/mol. The van der Waals surface area contributed by atoms with E-state index in [0.29, 0.717) is 6.04 Å². The van der Waals surface area contributed by atoms with Crippen molar-refractivity contribution in [1.82, 2.24) is 4.98 Å². The van der Waals surface area contributed by atoms with Crippen molar-refractivity contribution in [3.63, 3.8) is 0 Å². The molecule has 1 aliphatic rings. The van der Waals surface area contributed by atoms with Gasteiger partial charge in [0.05, 0.1) is 6.10 Å². The van der Waals surface area contributed by atoms with Crippen LogP contribution in [0.15, 0.2) is 18.3 Å². The maximum Gasteiger partial charge on any atom is 0.128 e. The normalized spacial score (nSPS) is 16.9. The average Bonchev–Trinajstić information content (AvgIpc) is 3.14. The van der Waals surface area contributed by atoms with E-state index >= 15 is 0 Å². The first-order valence-corrected chi connectivity index (χ1v) is 6.98. The number of rotatable bonds is 6. The molecule has 18 heavy (non-hydrogen) atoms. The smallest absolute Gasteiger partial charge is 0.128 e. The zero-order valence-corrected chi connectivity index (χ0v) is 11.6. The highest BCUT2D eigenvalue weighted by atomic mass is 16.3. The van der Waals surface area contributed by atoms with Crippen molar-refractivity contribution >= 4 is 5.82 Å². The zero-order chi connectivity index (χ0) is 13.1. The van der Waals surface area contributed by atoms with E-state index in [2.05, 4.69) is 23.7 Å². The molecular formula is C15H24N2O. The molecule has 0 amide bonds. The minimum absolute atomic E-state index is 0.434. The van der Waals surface area contributed by atoms with Crippen LogP contribution in [0.4, 0.5) is 5.82 Å². The van der Waals surface area contributed by atoms with E-state index in [-0.39, 0.29) is 0 Å². The van der Waals surface area contributed by atoms with Gasteiger partial charge in [-0.25, -0.2) is 4.98 Å². The highest BCUT2D eigenvalue weighted by molar-refractivity contribution is 5.42. The van der Waals surface area contributed by atoms with E-state index in [1.807, 2.05) is 12.1 Å². The summed E-state index contributed by atoms with van der Waals surface area (Å²) in [6.45, 7) is 7.38. The lowest BCUT2D eigenvalue weighted by Crippen LogP contribution is -2.28. The van der Waals surface area contributed by atoms with E-state index in [0.717, 1.165) is 23.8 Å². The van der Waals surface area contributed by atoms with Gasteiger partial charge in [0.2, 0.25) is 0 Å². The van der Waals surface area contributed by atoms with Crippen molar-refractivity contribution in [3.8, 4) is 0 Å². The third kappa shape index (κ3) is 3.45. The molecule has 2 rings (SSSR count). The van der Waals surface area contributed by atoms with Crippen molar-refractivity contribution in [2.24, 2.45) is 5.92 Å². The molecule has 1 heterocycles. The lowest BCUT2D eigenvalue weighted by atomic mass is 10.1. The monoisotopic (exact) mass is 248 g/mol. The van der Waals surface area contributed by atoms with Gasteiger partial charge in [-0.3, -0.25) is 0 Å². The van der Waals surface area contributed by atoms with Crippen LogP contribution in [0.3, 0.4) is 0 Å². The number of aliphatic hydroxyl groups is 1. The molecule has 0 unspecified atom stereocenters. The number of hydrogen-bond acceptors (Lipinski definition) is 3. The first-order valence-electron chi connectivity index (χ1n) is 6.98. The minimum atomic E-state index is -0.434. The standard InChI is InChI=1S/C15H24N2O/c1-11(2)8-9-17(14-5-6-14)15-7-4-13(10-16-15)12(3)18/h4,7,10-12,14,18H,5-6,8-9H2,1-3H3/t12-/m0/s1. The summed E-state index contributed by atoms with van der Waals surface area (Å²) < 4.78 is 0. The molecule has 0 bridgehead atoms. The molecule has 100 valence electrons. The summed E-state index contributed by atoms with van der Waals surface area (Å²) in [6, 6.07) is 4.71.